The van der Waals surface area contributed by atoms with Crippen molar-refractivity contribution < 1.29 is 29.0 Å². The minimum absolute atomic E-state index is 0.0136. The van der Waals surface area contributed by atoms with Gasteiger partial charge in [0, 0.05) is 16.9 Å². The van der Waals surface area contributed by atoms with E-state index in [0.717, 1.165) is 0 Å². The van der Waals surface area contributed by atoms with E-state index in [-0.39, 0.29) is 29.7 Å². The number of nitrogens with zero attached hydrogens (tertiary/aromatic N) is 4. The lowest BCUT2D eigenvalue weighted by Crippen LogP contribution is -2.70. The summed E-state index contributed by atoms with van der Waals surface area (Å²) >= 11 is 6.45. The van der Waals surface area contributed by atoms with Crippen molar-refractivity contribution >= 4 is 86.8 Å². The van der Waals surface area contributed by atoms with Crippen LogP contribution in [0, 0.1) is 0 Å². The second kappa shape index (κ2) is 11.8. The van der Waals surface area contributed by atoms with Crippen LogP contribution in [0.5, 0.6) is 0 Å². The van der Waals surface area contributed by atoms with Gasteiger partial charge in [0.05, 0.1) is 24.5 Å². The van der Waals surface area contributed by atoms with Crippen LogP contribution in [0.1, 0.15) is 12.6 Å². The smallest absolute Gasteiger partial charge is 0.352 e. The van der Waals surface area contributed by atoms with Crippen molar-refractivity contribution in [3.63, 3.8) is 0 Å². The number of hydrogen-bond donors (Lipinski definition) is 3. The number of thioether (sulfide) groups is 3. The number of carboxylic acids is 1. The summed E-state index contributed by atoms with van der Waals surface area (Å²) in [5, 5.41) is 22.2. The van der Waals surface area contributed by atoms with Crippen molar-refractivity contribution in [1.29, 1.82) is 0 Å². The first kappa shape index (κ1) is 26.7. The topological polar surface area (TPSA) is 178 Å². The molecule has 1 saturated heterocycles. The molecule has 4 heterocycles. The molecular formula is C19H20N6O6S5. The molecule has 17 heteroatoms. The molecule has 0 spiro atoms. The number of hydrogen-bond acceptors (Lipinski definition) is 14. The van der Waals surface area contributed by atoms with Crippen LogP contribution in [0.4, 0.5) is 5.13 Å². The zero-order valence-corrected chi connectivity index (χ0v) is 22.7. The third-order valence-electron chi connectivity index (χ3n) is 4.85. The Labute approximate surface area is 225 Å². The summed E-state index contributed by atoms with van der Waals surface area (Å²) in [7, 11) is 0. The lowest BCUT2D eigenvalue weighted by molar-refractivity contribution is -0.150. The predicted molar refractivity (Wildman–Crippen MR) is 138 cm³/mol. The number of aliphatic carboxylic acids is 1. The maximum atomic E-state index is 12.8. The number of nitrogens with two attached hydrogens (primary N) is 1. The fraction of sp³-hybridized carbons (Fsp3) is 0.421. The van der Waals surface area contributed by atoms with Crippen LogP contribution in [-0.4, -0.2) is 84.2 Å². The fourth-order valence-corrected chi connectivity index (χ4v) is 8.24. The van der Waals surface area contributed by atoms with E-state index in [2.05, 4.69) is 20.5 Å². The molecule has 0 radical (unpaired) electrons. The number of carbonyl (C=O) groups is 4. The van der Waals surface area contributed by atoms with Crippen LogP contribution in [0.3, 0.4) is 0 Å². The van der Waals surface area contributed by atoms with Gasteiger partial charge in [-0.15, -0.1) is 33.3 Å². The number of aromatic nitrogens is 3. The Hall–Kier alpha value is -2.34. The second-order valence-corrected chi connectivity index (χ2v) is 12.7. The Kier molecular flexibility index (Phi) is 8.76. The molecule has 0 bridgehead atoms. The molecular weight excluding hydrogens is 569 g/mol. The summed E-state index contributed by atoms with van der Waals surface area (Å²) in [5.41, 5.74) is 6.62. The molecule has 2 aromatic heterocycles. The number of nitrogens with one attached hydrogen (secondary N) is 1. The average Bonchev–Trinajstić information content (AvgIpc) is 3.47. The van der Waals surface area contributed by atoms with Gasteiger partial charge in [-0.1, -0.05) is 34.9 Å². The Morgan fingerprint density at radius 1 is 1.31 bits per heavy atom. The van der Waals surface area contributed by atoms with E-state index >= 15 is 0 Å². The number of carboxylic acid groups (broad SMARTS) is 1. The highest BCUT2D eigenvalue weighted by atomic mass is 32.2. The number of anilines is 1. The van der Waals surface area contributed by atoms with E-state index < -0.39 is 23.3 Å². The third-order valence-corrected chi connectivity index (χ3v) is 10.2. The van der Waals surface area contributed by atoms with Crippen molar-refractivity contribution in [3.05, 3.63) is 22.3 Å². The Morgan fingerprint density at radius 3 is 2.72 bits per heavy atom. The Balaban J connectivity index is 1.35. The maximum Gasteiger partial charge on any atom is 0.352 e. The molecule has 12 nitrogen and oxygen atoms in total. The number of thiazole rings is 1. The molecule has 2 aromatic rings. The van der Waals surface area contributed by atoms with E-state index in [1.807, 2.05) is 0 Å². The lowest BCUT2D eigenvalue weighted by Gasteiger charge is -2.49. The summed E-state index contributed by atoms with van der Waals surface area (Å²) in [6, 6.07) is -0.802. The van der Waals surface area contributed by atoms with Gasteiger partial charge in [0.2, 0.25) is 5.91 Å². The number of nitrogen functional groups attached to an aromatic ring is 1. The van der Waals surface area contributed by atoms with Crippen LogP contribution >= 0.6 is 58.0 Å². The van der Waals surface area contributed by atoms with Crippen molar-refractivity contribution in [3.8, 4) is 0 Å². The van der Waals surface area contributed by atoms with E-state index in [1.54, 1.807) is 12.3 Å². The first-order chi connectivity index (χ1) is 17.3. The normalized spacial score (nSPS) is 19.0. The van der Waals surface area contributed by atoms with E-state index in [0.29, 0.717) is 43.2 Å². The number of esters is 1. The Morgan fingerprint density at radius 2 is 2.06 bits per heavy atom. The highest BCUT2D eigenvalue weighted by molar-refractivity contribution is 8.03. The van der Waals surface area contributed by atoms with Gasteiger partial charge in [0.15, 0.2) is 13.8 Å². The molecule has 0 aromatic carbocycles. The first-order valence-corrected chi connectivity index (χ1v) is 15.1. The van der Waals surface area contributed by atoms with Crippen molar-refractivity contribution in [2.75, 3.05) is 29.6 Å². The molecule has 4 rings (SSSR count). The quantitative estimate of drug-likeness (QED) is 0.195. The summed E-state index contributed by atoms with van der Waals surface area (Å²) in [6.45, 7) is 2.05. The number of fused-ring (bicyclic) bond motifs is 1. The summed E-state index contributed by atoms with van der Waals surface area (Å²) < 4.78 is 6.11. The minimum Gasteiger partial charge on any atom is -0.477 e. The van der Waals surface area contributed by atoms with Gasteiger partial charge in [-0.2, -0.15) is 0 Å². The van der Waals surface area contributed by atoms with Crippen molar-refractivity contribution in [2.45, 2.75) is 33.4 Å². The van der Waals surface area contributed by atoms with Gasteiger partial charge in [0.25, 0.3) is 5.91 Å². The van der Waals surface area contributed by atoms with E-state index in [1.165, 1.54) is 62.9 Å². The molecule has 2 atom stereocenters. The molecule has 192 valence electrons. The maximum absolute atomic E-state index is 12.8. The van der Waals surface area contributed by atoms with Crippen molar-refractivity contribution in [1.82, 2.24) is 25.4 Å². The molecule has 4 N–H and O–H groups in total. The molecule has 36 heavy (non-hydrogen) atoms. The van der Waals surface area contributed by atoms with Gasteiger partial charge in [-0.05, 0) is 12.5 Å². The number of ether oxygens (including phenoxy) is 1. The molecule has 1 fully saturated rings. The zero-order valence-electron chi connectivity index (χ0n) is 18.7. The highest BCUT2D eigenvalue weighted by Gasteiger charge is 2.54. The van der Waals surface area contributed by atoms with Gasteiger partial charge in [0.1, 0.15) is 17.1 Å². The molecule has 2 aliphatic heterocycles. The summed E-state index contributed by atoms with van der Waals surface area (Å²) in [6.07, 6.45) is -0.0136. The number of β-lactam (4-membered cyclic amide) rings is 1. The second-order valence-electron chi connectivity index (χ2n) is 7.28. The summed E-state index contributed by atoms with van der Waals surface area (Å²) in [5.74, 6) is -1.55. The standard InChI is InChI=1S/C19H20N6O6S5/c1-2-31-11(27)7-35-19-24-23-18(36-19)34-5-8-4-32-15-12(14(28)25(15)13(8)16(29)30)22-10(26)3-9-6-33-17(20)21-9/h6,12,15H,2-5,7H2,1H3,(H2,20,21)(H,22,26)(H,29,30)/t12?,15-/m1/s1. The largest absolute Gasteiger partial charge is 0.477 e. The van der Waals surface area contributed by atoms with E-state index in [9.17, 15) is 24.3 Å². The van der Waals surface area contributed by atoms with Gasteiger partial charge >= 0.3 is 11.9 Å². The van der Waals surface area contributed by atoms with Crippen molar-refractivity contribution in [2.24, 2.45) is 0 Å². The first-order valence-electron chi connectivity index (χ1n) is 10.4. The average molecular weight is 589 g/mol. The number of amides is 2. The number of carbonyl (C=O) groups excluding carboxylic acids is 3. The van der Waals surface area contributed by atoms with Crippen LogP contribution in [0.15, 0.2) is 25.3 Å². The lowest BCUT2D eigenvalue weighted by atomic mass is 10.0. The predicted octanol–water partition coefficient (Wildman–Crippen LogP) is 1.31. The van der Waals surface area contributed by atoms with Gasteiger partial charge in [-0.25, -0.2) is 9.78 Å². The van der Waals surface area contributed by atoms with Gasteiger partial charge in [-0.3, -0.25) is 19.3 Å². The van der Waals surface area contributed by atoms with E-state index in [4.69, 9.17) is 10.5 Å². The molecule has 2 aliphatic rings. The van der Waals surface area contributed by atoms with Crippen LogP contribution in [0.2, 0.25) is 0 Å². The fourth-order valence-electron chi connectivity index (χ4n) is 3.37. The molecule has 0 aliphatic carbocycles. The zero-order chi connectivity index (χ0) is 25.8. The third kappa shape index (κ3) is 6.13. The van der Waals surface area contributed by atoms with Crippen LogP contribution in [-0.2, 0) is 30.3 Å². The summed E-state index contributed by atoms with van der Waals surface area (Å²) in [4.78, 5) is 54.0. The van der Waals surface area contributed by atoms with Crippen LogP contribution < -0.4 is 11.1 Å². The molecule has 1 unspecified atom stereocenters. The Bertz CT molecular complexity index is 1220. The van der Waals surface area contributed by atoms with Crippen LogP contribution in [0.25, 0.3) is 0 Å². The minimum atomic E-state index is -1.20. The highest BCUT2D eigenvalue weighted by Crippen LogP contribution is 2.42. The SMILES string of the molecule is CCOC(=O)CSc1nnc(SCC2=C(C(=O)O)N3C(=O)C(NC(=O)Cc4csc(N)n4)[C@H]3SC2)s1. The number of rotatable bonds is 11. The monoisotopic (exact) mass is 588 g/mol. The molecule has 2 amide bonds. The molecule has 0 saturated carbocycles. The van der Waals surface area contributed by atoms with Gasteiger partial charge < -0.3 is 20.9 Å².